The molecule has 4 rings (SSSR count). The molecule has 0 amide bonds. The van der Waals surface area contributed by atoms with Crippen LogP contribution in [0.2, 0.25) is 0 Å². The molecule has 5 nitrogen and oxygen atoms in total. The van der Waals surface area contributed by atoms with E-state index in [1.807, 2.05) is 25.1 Å². The molecule has 0 aliphatic rings. The number of aromatic nitrogens is 4. The fraction of sp³-hybridized carbons (Fsp3) is 0.150. The molecule has 0 unspecified atom stereocenters. The molecule has 0 aliphatic heterocycles. The molecule has 124 valence electrons. The molecule has 2 heterocycles. The van der Waals surface area contributed by atoms with Crippen molar-refractivity contribution in [1.29, 1.82) is 0 Å². The van der Waals surface area contributed by atoms with E-state index in [0.717, 1.165) is 23.8 Å². The van der Waals surface area contributed by atoms with E-state index in [-0.39, 0.29) is 0 Å². The second-order valence-corrected chi connectivity index (χ2v) is 6.09. The SMILES string of the molecule is Cc1nnc2ccc(N(C)Cc3ccccc3-c3ccccc3)nn12. The molecule has 0 bridgehead atoms. The smallest absolute Gasteiger partial charge is 0.178 e. The van der Waals surface area contributed by atoms with Gasteiger partial charge < -0.3 is 4.90 Å². The van der Waals surface area contributed by atoms with Crippen molar-refractivity contribution < 1.29 is 0 Å². The Morgan fingerprint density at radius 1 is 0.880 bits per heavy atom. The first kappa shape index (κ1) is 15.3. The molecular weight excluding hydrogens is 310 g/mol. The molecule has 0 radical (unpaired) electrons. The van der Waals surface area contributed by atoms with Gasteiger partial charge in [-0.25, -0.2) is 0 Å². The normalized spacial score (nSPS) is 11.0. The van der Waals surface area contributed by atoms with Gasteiger partial charge in [0.1, 0.15) is 5.82 Å². The molecule has 4 aromatic rings. The monoisotopic (exact) mass is 329 g/mol. The van der Waals surface area contributed by atoms with E-state index in [9.17, 15) is 0 Å². The van der Waals surface area contributed by atoms with Crippen molar-refractivity contribution in [3.8, 4) is 11.1 Å². The highest BCUT2D eigenvalue weighted by molar-refractivity contribution is 5.67. The zero-order valence-electron chi connectivity index (χ0n) is 14.3. The quantitative estimate of drug-likeness (QED) is 0.572. The minimum Gasteiger partial charge on any atom is -0.354 e. The lowest BCUT2D eigenvalue weighted by molar-refractivity contribution is 0.820. The summed E-state index contributed by atoms with van der Waals surface area (Å²) in [5, 5.41) is 12.8. The standard InChI is InChI=1S/C20H19N5/c1-15-21-22-19-12-13-20(23-25(15)19)24(2)14-17-10-6-7-11-18(17)16-8-4-3-5-9-16/h3-13H,14H2,1-2H3. The average Bonchev–Trinajstić information content (AvgIpc) is 3.03. The van der Waals surface area contributed by atoms with Crippen LogP contribution in [0.5, 0.6) is 0 Å². The summed E-state index contributed by atoms with van der Waals surface area (Å²) in [6, 6.07) is 22.9. The molecule has 0 saturated heterocycles. The zero-order valence-corrected chi connectivity index (χ0v) is 14.3. The minimum absolute atomic E-state index is 0.763. The summed E-state index contributed by atoms with van der Waals surface area (Å²) in [5.41, 5.74) is 4.50. The van der Waals surface area contributed by atoms with Gasteiger partial charge in [-0.1, -0.05) is 54.6 Å². The maximum absolute atomic E-state index is 4.65. The lowest BCUT2D eigenvalue weighted by Gasteiger charge is -2.20. The van der Waals surface area contributed by atoms with Crippen LogP contribution < -0.4 is 4.90 Å². The van der Waals surface area contributed by atoms with Gasteiger partial charge in [0.05, 0.1) is 0 Å². The van der Waals surface area contributed by atoms with Crippen LogP contribution in [0.3, 0.4) is 0 Å². The van der Waals surface area contributed by atoms with Crippen molar-refractivity contribution in [2.24, 2.45) is 0 Å². The largest absolute Gasteiger partial charge is 0.354 e. The third kappa shape index (κ3) is 2.96. The molecule has 0 fully saturated rings. The molecule has 0 saturated carbocycles. The number of hydrogen-bond acceptors (Lipinski definition) is 4. The summed E-state index contributed by atoms with van der Waals surface area (Å²) in [5.74, 6) is 1.67. The Labute approximate surface area is 146 Å². The fourth-order valence-electron chi connectivity index (χ4n) is 2.98. The van der Waals surface area contributed by atoms with E-state index in [2.05, 4.69) is 75.8 Å². The molecule has 5 heteroatoms. The highest BCUT2D eigenvalue weighted by atomic mass is 15.4. The minimum atomic E-state index is 0.763. The van der Waals surface area contributed by atoms with Crippen LogP contribution in [0.4, 0.5) is 5.82 Å². The van der Waals surface area contributed by atoms with E-state index in [4.69, 9.17) is 0 Å². The van der Waals surface area contributed by atoms with Crippen molar-refractivity contribution in [3.05, 3.63) is 78.1 Å². The maximum atomic E-state index is 4.65. The second kappa shape index (κ2) is 6.36. The van der Waals surface area contributed by atoms with Gasteiger partial charge in [0, 0.05) is 13.6 Å². The summed E-state index contributed by atoms with van der Waals surface area (Å²) in [4.78, 5) is 2.14. The third-order valence-electron chi connectivity index (χ3n) is 4.31. The second-order valence-electron chi connectivity index (χ2n) is 6.09. The lowest BCUT2D eigenvalue weighted by Crippen LogP contribution is -2.19. The number of fused-ring (bicyclic) bond motifs is 1. The van der Waals surface area contributed by atoms with Crippen molar-refractivity contribution in [1.82, 2.24) is 19.8 Å². The van der Waals surface area contributed by atoms with Gasteiger partial charge in [-0.3, -0.25) is 0 Å². The number of nitrogens with zero attached hydrogens (tertiary/aromatic N) is 5. The molecule has 0 N–H and O–H groups in total. The number of aryl methyl sites for hydroxylation is 1. The molecule has 0 spiro atoms. The Kier molecular flexibility index (Phi) is 3.90. The Morgan fingerprint density at radius 3 is 2.48 bits per heavy atom. The zero-order chi connectivity index (χ0) is 17.2. The van der Waals surface area contributed by atoms with E-state index in [1.165, 1.54) is 16.7 Å². The van der Waals surface area contributed by atoms with Gasteiger partial charge in [0.2, 0.25) is 0 Å². The molecule has 2 aromatic heterocycles. The average molecular weight is 329 g/mol. The first-order valence-corrected chi connectivity index (χ1v) is 8.26. The summed E-state index contributed by atoms with van der Waals surface area (Å²) in [7, 11) is 2.05. The number of anilines is 1. The van der Waals surface area contributed by atoms with Gasteiger partial charge in [-0.05, 0) is 35.7 Å². The molecule has 0 aliphatic carbocycles. The third-order valence-corrected chi connectivity index (χ3v) is 4.31. The Balaban J connectivity index is 1.66. The maximum Gasteiger partial charge on any atom is 0.178 e. The number of benzene rings is 2. The van der Waals surface area contributed by atoms with Crippen LogP contribution in [0, 0.1) is 6.92 Å². The first-order valence-electron chi connectivity index (χ1n) is 8.26. The molecular formula is C20H19N5. The first-order chi connectivity index (χ1) is 12.2. The highest BCUT2D eigenvalue weighted by Crippen LogP contribution is 2.25. The summed E-state index contributed by atoms with van der Waals surface area (Å²) < 4.78 is 1.77. The number of hydrogen-bond donors (Lipinski definition) is 0. The fourth-order valence-corrected chi connectivity index (χ4v) is 2.98. The van der Waals surface area contributed by atoms with Crippen LogP contribution in [0.25, 0.3) is 16.8 Å². The van der Waals surface area contributed by atoms with Gasteiger partial charge >= 0.3 is 0 Å². The van der Waals surface area contributed by atoms with Crippen molar-refractivity contribution in [2.45, 2.75) is 13.5 Å². The van der Waals surface area contributed by atoms with Crippen LogP contribution in [0.15, 0.2) is 66.7 Å². The van der Waals surface area contributed by atoms with Gasteiger partial charge in [0.15, 0.2) is 11.5 Å². The topological polar surface area (TPSA) is 46.3 Å². The predicted molar refractivity (Wildman–Crippen MR) is 99.5 cm³/mol. The van der Waals surface area contributed by atoms with Crippen LogP contribution in [-0.4, -0.2) is 26.9 Å². The van der Waals surface area contributed by atoms with E-state index in [1.54, 1.807) is 4.52 Å². The molecule has 0 atom stereocenters. The van der Waals surface area contributed by atoms with E-state index < -0.39 is 0 Å². The summed E-state index contributed by atoms with van der Waals surface area (Å²) >= 11 is 0. The van der Waals surface area contributed by atoms with Crippen LogP contribution >= 0.6 is 0 Å². The van der Waals surface area contributed by atoms with Crippen molar-refractivity contribution >= 4 is 11.5 Å². The number of rotatable bonds is 4. The highest BCUT2D eigenvalue weighted by Gasteiger charge is 2.10. The Morgan fingerprint density at radius 2 is 1.64 bits per heavy atom. The van der Waals surface area contributed by atoms with Gasteiger partial charge in [0.25, 0.3) is 0 Å². The summed E-state index contributed by atoms with van der Waals surface area (Å²) in [6.07, 6.45) is 0. The molecule has 25 heavy (non-hydrogen) atoms. The summed E-state index contributed by atoms with van der Waals surface area (Å²) in [6.45, 7) is 2.67. The van der Waals surface area contributed by atoms with Gasteiger partial charge in [-0.2, -0.15) is 4.52 Å². The van der Waals surface area contributed by atoms with Crippen LogP contribution in [0.1, 0.15) is 11.4 Å². The van der Waals surface area contributed by atoms with E-state index in [0.29, 0.717) is 0 Å². The Hall–Kier alpha value is -3.21. The lowest BCUT2D eigenvalue weighted by atomic mass is 9.99. The molecule has 2 aromatic carbocycles. The Bertz CT molecular complexity index is 1010. The van der Waals surface area contributed by atoms with Crippen molar-refractivity contribution in [3.63, 3.8) is 0 Å². The predicted octanol–water partition coefficient (Wildman–Crippen LogP) is 3.74. The van der Waals surface area contributed by atoms with Crippen LogP contribution in [-0.2, 0) is 6.54 Å². The van der Waals surface area contributed by atoms with E-state index >= 15 is 0 Å². The van der Waals surface area contributed by atoms with Gasteiger partial charge in [-0.15, -0.1) is 15.3 Å². The van der Waals surface area contributed by atoms with Crippen molar-refractivity contribution in [2.75, 3.05) is 11.9 Å².